The van der Waals surface area contributed by atoms with E-state index in [0.717, 1.165) is 16.9 Å². The summed E-state index contributed by atoms with van der Waals surface area (Å²) in [7, 11) is 1.91. The van der Waals surface area contributed by atoms with E-state index >= 15 is 0 Å². The Morgan fingerprint density at radius 1 is 1.35 bits per heavy atom. The fraction of sp³-hybridized carbons (Fsp3) is 0.462. The minimum Gasteiger partial charge on any atom is -0.330 e. The maximum atomic E-state index is 12.0. The molecule has 110 valence electrons. The topological polar surface area (TPSA) is 29.9 Å². The highest BCUT2D eigenvalue weighted by atomic mass is 32.2. The number of aromatic nitrogens is 2. The van der Waals surface area contributed by atoms with Gasteiger partial charge in [-0.2, -0.15) is 13.2 Å². The summed E-state index contributed by atoms with van der Waals surface area (Å²) >= 11 is -0.00974. The molecule has 2 rings (SSSR count). The Labute approximate surface area is 119 Å². The van der Waals surface area contributed by atoms with E-state index in [0.29, 0.717) is 0 Å². The number of rotatable bonds is 5. The molecular formula is C13H16F3N3S. The largest absolute Gasteiger partial charge is 0.441 e. The minimum absolute atomic E-state index is 0.00220. The fourth-order valence-corrected chi connectivity index (χ4v) is 2.54. The van der Waals surface area contributed by atoms with E-state index in [1.54, 1.807) is 0 Å². The first kappa shape index (κ1) is 15.2. The van der Waals surface area contributed by atoms with Crippen molar-refractivity contribution in [3.63, 3.8) is 0 Å². The summed E-state index contributed by atoms with van der Waals surface area (Å²) in [6.07, 6.45) is 0. The summed E-state index contributed by atoms with van der Waals surface area (Å²) in [6.45, 7) is 2.19. The van der Waals surface area contributed by atoms with Crippen molar-refractivity contribution >= 4 is 22.8 Å². The number of nitrogens with zero attached hydrogens (tertiary/aromatic N) is 2. The third-order valence-corrected chi connectivity index (χ3v) is 3.76. The summed E-state index contributed by atoms with van der Waals surface area (Å²) in [5, 5.41) is 3.07. The summed E-state index contributed by atoms with van der Waals surface area (Å²) < 4.78 is 38.0. The summed E-state index contributed by atoms with van der Waals surface area (Å²) in [6, 6.07) is 7.65. The maximum Gasteiger partial charge on any atom is 0.441 e. The molecule has 1 aromatic carbocycles. The quantitative estimate of drug-likeness (QED) is 0.858. The molecule has 0 saturated carbocycles. The zero-order valence-electron chi connectivity index (χ0n) is 11.2. The molecule has 0 aliphatic heterocycles. The van der Waals surface area contributed by atoms with Gasteiger partial charge in [0.15, 0.2) is 0 Å². The van der Waals surface area contributed by atoms with Crippen LogP contribution >= 0.6 is 11.8 Å². The minimum atomic E-state index is -4.16. The monoisotopic (exact) mass is 303 g/mol. The van der Waals surface area contributed by atoms with Gasteiger partial charge in [0.1, 0.15) is 5.82 Å². The molecular weight excluding hydrogens is 287 g/mol. The van der Waals surface area contributed by atoms with E-state index in [1.165, 1.54) is 0 Å². The van der Waals surface area contributed by atoms with Gasteiger partial charge >= 0.3 is 5.51 Å². The Morgan fingerprint density at radius 2 is 2.05 bits per heavy atom. The molecule has 1 aromatic heterocycles. The number of para-hydroxylation sites is 2. The zero-order chi connectivity index (χ0) is 14.8. The molecule has 7 heteroatoms. The number of benzene rings is 1. The number of aryl methyl sites for hydroxylation is 1. The van der Waals surface area contributed by atoms with E-state index in [9.17, 15) is 13.2 Å². The van der Waals surface area contributed by atoms with Gasteiger partial charge in [-0.1, -0.05) is 12.1 Å². The van der Waals surface area contributed by atoms with Gasteiger partial charge < -0.3 is 9.88 Å². The van der Waals surface area contributed by atoms with Gasteiger partial charge in [-0.05, 0) is 30.8 Å². The van der Waals surface area contributed by atoms with E-state index < -0.39 is 5.51 Å². The van der Waals surface area contributed by atoms with Crippen LogP contribution in [0.4, 0.5) is 13.2 Å². The number of alkyl halides is 3. The van der Waals surface area contributed by atoms with E-state index in [4.69, 9.17) is 0 Å². The van der Waals surface area contributed by atoms with Gasteiger partial charge in [0.2, 0.25) is 0 Å². The van der Waals surface area contributed by atoms with Crippen LogP contribution in [0.5, 0.6) is 0 Å². The predicted molar refractivity (Wildman–Crippen MR) is 75.6 cm³/mol. The highest BCUT2D eigenvalue weighted by molar-refractivity contribution is 8.00. The molecule has 0 amide bonds. The van der Waals surface area contributed by atoms with Crippen LogP contribution < -0.4 is 5.32 Å². The third-order valence-electron chi connectivity index (χ3n) is 3.03. The van der Waals surface area contributed by atoms with Crippen molar-refractivity contribution in [3.05, 3.63) is 30.1 Å². The first-order valence-electron chi connectivity index (χ1n) is 6.24. The molecule has 1 heterocycles. The SMILES string of the molecule is CC(NCCSC(F)(F)F)c1nc2ccccc2n1C. The molecule has 1 unspecified atom stereocenters. The molecule has 0 bridgehead atoms. The second kappa shape index (κ2) is 6.05. The lowest BCUT2D eigenvalue weighted by atomic mass is 10.3. The Kier molecular flexibility index (Phi) is 4.59. The molecule has 3 nitrogen and oxygen atoms in total. The molecule has 0 spiro atoms. The van der Waals surface area contributed by atoms with Crippen LogP contribution in [0, 0.1) is 0 Å². The number of imidazole rings is 1. The average molecular weight is 303 g/mol. The Bertz CT molecular complexity index is 580. The van der Waals surface area contributed by atoms with Gasteiger partial charge in [0.25, 0.3) is 0 Å². The number of hydrogen-bond acceptors (Lipinski definition) is 3. The van der Waals surface area contributed by atoms with E-state index in [-0.39, 0.29) is 30.1 Å². The summed E-state index contributed by atoms with van der Waals surface area (Å²) in [5.41, 5.74) is -2.26. The van der Waals surface area contributed by atoms with Crippen LogP contribution in [0.3, 0.4) is 0 Å². The van der Waals surface area contributed by atoms with Crippen molar-refractivity contribution in [1.29, 1.82) is 0 Å². The van der Waals surface area contributed by atoms with Crippen LogP contribution in [-0.2, 0) is 7.05 Å². The zero-order valence-corrected chi connectivity index (χ0v) is 12.1. The van der Waals surface area contributed by atoms with Gasteiger partial charge in [-0.15, -0.1) is 0 Å². The molecule has 0 saturated heterocycles. The number of nitrogens with one attached hydrogen (secondary N) is 1. The lowest BCUT2D eigenvalue weighted by Gasteiger charge is -2.14. The van der Waals surface area contributed by atoms with Crippen molar-refractivity contribution in [3.8, 4) is 0 Å². The van der Waals surface area contributed by atoms with Crippen molar-refractivity contribution in [2.75, 3.05) is 12.3 Å². The molecule has 1 N–H and O–H groups in total. The standard InChI is InChI=1S/C13H16F3N3S/c1-9(17-7-8-20-13(14,15)16)12-18-10-5-3-4-6-11(10)19(12)2/h3-6,9,17H,7-8H2,1-2H3. The maximum absolute atomic E-state index is 12.0. The van der Waals surface area contributed by atoms with Crippen LogP contribution in [0.25, 0.3) is 11.0 Å². The van der Waals surface area contributed by atoms with Crippen molar-refractivity contribution in [2.45, 2.75) is 18.5 Å². The Hall–Kier alpha value is -1.21. The number of fused-ring (bicyclic) bond motifs is 1. The van der Waals surface area contributed by atoms with Crippen molar-refractivity contribution in [2.24, 2.45) is 7.05 Å². The average Bonchev–Trinajstić information content (AvgIpc) is 2.72. The van der Waals surface area contributed by atoms with Gasteiger partial charge in [-0.3, -0.25) is 0 Å². The Morgan fingerprint density at radius 3 is 2.70 bits per heavy atom. The van der Waals surface area contributed by atoms with Gasteiger partial charge in [0.05, 0.1) is 17.1 Å². The summed E-state index contributed by atoms with van der Waals surface area (Å²) in [4.78, 5) is 4.51. The second-order valence-electron chi connectivity index (χ2n) is 4.49. The molecule has 0 aliphatic carbocycles. The molecule has 20 heavy (non-hydrogen) atoms. The van der Waals surface area contributed by atoms with Gasteiger partial charge in [0, 0.05) is 19.3 Å². The molecule has 1 atom stereocenters. The van der Waals surface area contributed by atoms with Gasteiger partial charge in [-0.25, -0.2) is 4.98 Å². The number of thioether (sulfide) groups is 1. The highest BCUT2D eigenvalue weighted by Crippen LogP contribution is 2.29. The first-order chi connectivity index (χ1) is 9.38. The van der Waals surface area contributed by atoms with Crippen LogP contribution in [0.15, 0.2) is 24.3 Å². The molecule has 0 radical (unpaired) electrons. The molecule has 0 fully saturated rings. The molecule has 2 aromatic rings. The van der Waals surface area contributed by atoms with E-state index in [2.05, 4.69) is 10.3 Å². The lowest BCUT2D eigenvalue weighted by Crippen LogP contribution is -2.24. The van der Waals surface area contributed by atoms with Crippen LogP contribution in [-0.4, -0.2) is 27.4 Å². The number of hydrogen-bond donors (Lipinski definition) is 1. The first-order valence-corrected chi connectivity index (χ1v) is 7.22. The molecule has 0 aliphatic rings. The lowest BCUT2D eigenvalue weighted by molar-refractivity contribution is -0.0327. The highest BCUT2D eigenvalue weighted by Gasteiger charge is 2.27. The smallest absolute Gasteiger partial charge is 0.330 e. The normalized spacial score (nSPS) is 13.8. The van der Waals surface area contributed by atoms with Crippen molar-refractivity contribution < 1.29 is 13.2 Å². The number of halogens is 3. The summed E-state index contributed by atoms with van der Waals surface area (Å²) in [5.74, 6) is 0.820. The fourth-order valence-electron chi connectivity index (χ4n) is 2.08. The third kappa shape index (κ3) is 3.67. The van der Waals surface area contributed by atoms with Crippen molar-refractivity contribution in [1.82, 2.24) is 14.9 Å². The van der Waals surface area contributed by atoms with Crippen LogP contribution in [0.2, 0.25) is 0 Å². The second-order valence-corrected chi connectivity index (χ2v) is 5.65. The Balaban J connectivity index is 1.97. The van der Waals surface area contributed by atoms with Crippen LogP contribution in [0.1, 0.15) is 18.8 Å². The predicted octanol–water partition coefficient (Wildman–Crippen LogP) is 3.48. The van der Waals surface area contributed by atoms with E-state index in [1.807, 2.05) is 42.8 Å².